The molecule has 8 rings (SSSR count). The molecule has 0 fully saturated rings. The van der Waals surface area contributed by atoms with E-state index in [4.69, 9.17) is 8.83 Å². The van der Waals surface area contributed by atoms with Crippen LogP contribution in [0.15, 0.2) is 124 Å². The van der Waals surface area contributed by atoms with E-state index in [1.165, 1.54) is 11.1 Å². The first-order valence-corrected chi connectivity index (χ1v) is 13.0. The molecule has 4 heterocycles. The van der Waals surface area contributed by atoms with Crippen LogP contribution < -0.4 is 10.2 Å². The summed E-state index contributed by atoms with van der Waals surface area (Å²) in [4.78, 5) is 6.58. The minimum atomic E-state index is 0.689. The van der Waals surface area contributed by atoms with E-state index >= 15 is 0 Å². The summed E-state index contributed by atoms with van der Waals surface area (Å²) in [6.45, 7) is 0.689. The number of hydrogen-bond acceptors (Lipinski definition) is 5. The number of rotatable bonds is 4. The molecule has 1 aliphatic heterocycles. The Balaban J connectivity index is 1.36. The fraction of sp³-hybridized carbons (Fsp3) is 0.0294. The summed E-state index contributed by atoms with van der Waals surface area (Å²) >= 11 is 0. The molecule has 0 amide bonds. The quantitative estimate of drug-likeness (QED) is 0.259. The van der Waals surface area contributed by atoms with Crippen molar-refractivity contribution in [2.75, 3.05) is 4.90 Å². The molecule has 186 valence electrons. The van der Waals surface area contributed by atoms with Crippen molar-refractivity contribution in [1.29, 1.82) is 0 Å². The number of hydrogen-bond donors (Lipinski definition) is 1. The summed E-state index contributed by atoms with van der Waals surface area (Å²) in [7, 11) is 0. The molecule has 7 aromatic rings. The molecule has 1 N–H and O–H groups in total. The highest BCUT2D eigenvalue weighted by Gasteiger charge is 2.21. The van der Waals surface area contributed by atoms with Crippen molar-refractivity contribution >= 4 is 56.0 Å². The lowest BCUT2D eigenvalue weighted by molar-refractivity contribution is 0.532. The molecule has 0 atom stereocenters. The van der Waals surface area contributed by atoms with Gasteiger partial charge in [-0.3, -0.25) is 4.98 Å². The van der Waals surface area contributed by atoms with Crippen LogP contribution >= 0.6 is 0 Å². The standard InChI is InChI=1S/C34H23N3O2/c1-2-5-22(6-3-1)23-9-11-24(12-10-23)37(25-13-14-30-28(19-25)26-15-17-35-20-32(26)38-30)29-7-4-8-31-34(29)27-16-18-36-21-33(27)39-31/h1-19,21,35H,20H2. The molecule has 0 radical (unpaired) electrons. The Labute approximate surface area is 224 Å². The smallest absolute Gasteiger partial charge is 0.153 e. The molecule has 0 spiro atoms. The molecular formula is C34H23N3O2. The maximum atomic E-state index is 6.20. The zero-order chi connectivity index (χ0) is 25.8. The lowest BCUT2D eigenvalue weighted by Crippen LogP contribution is -2.10. The van der Waals surface area contributed by atoms with Gasteiger partial charge in [-0.15, -0.1) is 0 Å². The third-order valence-electron chi connectivity index (χ3n) is 7.43. The van der Waals surface area contributed by atoms with Gasteiger partial charge in [0, 0.05) is 33.9 Å². The number of fused-ring (bicyclic) bond motifs is 6. The van der Waals surface area contributed by atoms with Crippen LogP contribution in [-0.4, -0.2) is 4.98 Å². The number of benzene rings is 4. The first kappa shape index (κ1) is 21.8. The lowest BCUT2D eigenvalue weighted by Gasteiger charge is -2.26. The van der Waals surface area contributed by atoms with Crippen LogP contribution in [0.25, 0.3) is 50.1 Å². The van der Waals surface area contributed by atoms with Crippen molar-refractivity contribution in [2.45, 2.75) is 6.54 Å². The van der Waals surface area contributed by atoms with E-state index in [1.54, 1.807) is 6.20 Å². The second-order valence-electron chi connectivity index (χ2n) is 9.71. The Morgan fingerprint density at radius 1 is 0.692 bits per heavy atom. The number of furan rings is 2. The van der Waals surface area contributed by atoms with Crippen LogP contribution in [0, 0.1) is 0 Å². The van der Waals surface area contributed by atoms with Crippen LogP contribution in [0.5, 0.6) is 0 Å². The van der Waals surface area contributed by atoms with E-state index in [-0.39, 0.29) is 0 Å². The van der Waals surface area contributed by atoms with Crippen LogP contribution in [0.2, 0.25) is 0 Å². The summed E-state index contributed by atoms with van der Waals surface area (Å²) in [5.41, 5.74) is 9.12. The van der Waals surface area contributed by atoms with Gasteiger partial charge in [-0.1, -0.05) is 48.5 Å². The Hall–Kier alpha value is -5.29. The second-order valence-corrected chi connectivity index (χ2v) is 9.71. The van der Waals surface area contributed by atoms with E-state index in [0.29, 0.717) is 6.54 Å². The van der Waals surface area contributed by atoms with Gasteiger partial charge >= 0.3 is 0 Å². The van der Waals surface area contributed by atoms with Gasteiger partial charge in [0.05, 0.1) is 23.8 Å². The lowest BCUT2D eigenvalue weighted by atomic mass is 10.0. The number of nitrogens with one attached hydrogen (secondary N) is 1. The van der Waals surface area contributed by atoms with Gasteiger partial charge in [0.2, 0.25) is 0 Å². The van der Waals surface area contributed by atoms with Crippen molar-refractivity contribution in [2.24, 2.45) is 0 Å². The van der Waals surface area contributed by atoms with Gasteiger partial charge in [0.1, 0.15) is 16.9 Å². The van der Waals surface area contributed by atoms with E-state index in [2.05, 4.69) is 94.1 Å². The van der Waals surface area contributed by atoms with Crippen molar-refractivity contribution in [3.63, 3.8) is 0 Å². The first-order valence-electron chi connectivity index (χ1n) is 13.0. The Bertz CT molecular complexity index is 2020. The zero-order valence-electron chi connectivity index (χ0n) is 21.0. The monoisotopic (exact) mass is 505 g/mol. The molecular weight excluding hydrogens is 482 g/mol. The average molecular weight is 506 g/mol. The molecule has 5 heteroatoms. The first-order chi connectivity index (χ1) is 19.3. The van der Waals surface area contributed by atoms with E-state index in [1.807, 2.05) is 36.7 Å². The molecule has 5 nitrogen and oxygen atoms in total. The van der Waals surface area contributed by atoms with Crippen molar-refractivity contribution in [3.05, 3.63) is 127 Å². The fourth-order valence-electron chi connectivity index (χ4n) is 5.61. The Kier molecular flexibility index (Phi) is 4.82. The summed E-state index contributed by atoms with van der Waals surface area (Å²) in [5.74, 6) is 0.957. The fourth-order valence-corrected chi connectivity index (χ4v) is 5.61. The minimum absolute atomic E-state index is 0.689. The maximum absolute atomic E-state index is 6.20. The Morgan fingerprint density at radius 3 is 2.44 bits per heavy atom. The summed E-state index contributed by atoms with van der Waals surface area (Å²) in [6.07, 6.45) is 7.67. The summed E-state index contributed by atoms with van der Waals surface area (Å²) < 4.78 is 12.4. The molecule has 3 aromatic heterocycles. The third kappa shape index (κ3) is 3.51. The SMILES string of the molecule is C1=Cc2c(oc3ccc(N(c4ccc(-c5ccccc5)cc4)c4cccc5oc6cnccc6c45)cc23)CN1. The van der Waals surface area contributed by atoms with Gasteiger partial charge < -0.3 is 19.1 Å². The molecule has 0 unspecified atom stereocenters. The third-order valence-corrected chi connectivity index (χ3v) is 7.43. The number of aromatic nitrogens is 1. The summed E-state index contributed by atoms with van der Waals surface area (Å²) in [5, 5.41) is 6.44. The largest absolute Gasteiger partial charge is 0.459 e. The van der Waals surface area contributed by atoms with Gasteiger partial charge in [0.15, 0.2) is 5.58 Å². The van der Waals surface area contributed by atoms with Crippen LogP contribution in [0.4, 0.5) is 17.1 Å². The van der Waals surface area contributed by atoms with Crippen molar-refractivity contribution in [3.8, 4) is 11.1 Å². The van der Waals surface area contributed by atoms with E-state index < -0.39 is 0 Å². The predicted molar refractivity (Wildman–Crippen MR) is 157 cm³/mol. The molecule has 39 heavy (non-hydrogen) atoms. The van der Waals surface area contributed by atoms with Gasteiger partial charge in [-0.25, -0.2) is 0 Å². The van der Waals surface area contributed by atoms with Crippen LogP contribution in [0.1, 0.15) is 11.3 Å². The van der Waals surface area contributed by atoms with Gasteiger partial charge in [0.25, 0.3) is 0 Å². The number of pyridine rings is 1. The molecule has 0 bridgehead atoms. The van der Waals surface area contributed by atoms with Crippen molar-refractivity contribution in [1.82, 2.24) is 10.3 Å². The van der Waals surface area contributed by atoms with Crippen LogP contribution in [-0.2, 0) is 6.54 Å². The van der Waals surface area contributed by atoms with E-state index in [0.717, 1.165) is 61.3 Å². The second kappa shape index (κ2) is 8.64. The van der Waals surface area contributed by atoms with Crippen molar-refractivity contribution < 1.29 is 8.83 Å². The van der Waals surface area contributed by atoms with Crippen LogP contribution in [0.3, 0.4) is 0 Å². The molecule has 0 aliphatic carbocycles. The van der Waals surface area contributed by atoms with Gasteiger partial charge in [-0.05, 0) is 71.9 Å². The summed E-state index contributed by atoms with van der Waals surface area (Å²) in [6, 6.07) is 33.8. The Morgan fingerprint density at radius 2 is 1.54 bits per heavy atom. The molecule has 4 aromatic carbocycles. The highest BCUT2D eigenvalue weighted by molar-refractivity contribution is 6.13. The topological polar surface area (TPSA) is 54.4 Å². The number of anilines is 3. The maximum Gasteiger partial charge on any atom is 0.153 e. The average Bonchev–Trinajstić information content (AvgIpc) is 3.57. The molecule has 0 saturated heterocycles. The molecule has 0 saturated carbocycles. The van der Waals surface area contributed by atoms with Gasteiger partial charge in [-0.2, -0.15) is 0 Å². The highest BCUT2D eigenvalue weighted by Crippen LogP contribution is 2.44. The molecule has 1 aliphatic rings. The van der Waals surface area contributed by atoms with E-state index in [9.17, 15) is 0 Å². The normalized spacial score (nSPS) is 12.6. The minimum Gasteiger partial charge on any atom is -0.459 e. The predicted octanol–water partition coefficient (Wildman–Crippen LogP) is 8.94. The number of nitrogens with zero attached hydrogens (tertiary/aromatic N) is 2. The highest BCUT2D eigenvalue weighted by atomic mass is 16.3. The zero-order valence-corrected chi connectivity index (χ0v) is 21.0.